The lowest BCUT2D eigenvalue weighted by atomic mass is 9.83. The van der Waals surface area contributed by atoms with E-state index in [1.165, 1.54) is 32.1 Å². The molecule has 0 amide bonds. The standard InChI is InChI=1S/C14H26N2O/c1-2-3-4-9-15-14-11-16(17-12-14)10-8-13-6-5-7-13/h4,9,13-15H,2-3,5-8,10-12H2,1H3/b9-4+/t14-/m1/s1. The van der Waals surface area contributed by atoms with E-state index in [4.69, 9.17) is 4.84 Å². The molecule has 3 nitrogen and oxygen atoms in total. The lowest BCUT2D eigenvalue weighted by Crippen LogP contribution is -2.31. The van der Waals surface area contributed by atoms with Crippen LogP contribution in [0.3, 0.4) is 0 Å². The van der Waals surface area contributed by atoms with E-state index >= 15 is 0 Å². The summed E-state index contributed by atoms with van der Waals surface area (Å²) in [6.07, 6.45) is 12.3. The van der Waals surface area contributed by atoms with Gasteiger partial charge in [0.2, 0.25) is 0 Å². The average Bonchev–Trinajstić information content (AvgIpc) is 2.70. The molecular formula is C14H26N2O. The number of nitrogens with one attached hydrogen (secondary N) is 1. The molecule has 1 aliphatic carbocycles. The van der Waals surface area contributed by atoms with Crippen molar-refractivity contribution in [1.29, 1.82) is 0 Å². The van der Waals surface area contributed by atoms with E-state index in [1.54, 1.807) is 0 Å². The minimum absolute atomic E-state index is 0.476. The first kappa shape index (κ1) is 12.9. The van der Waals surface area contributed by atoms with E-state index in [1.807, 2.05) is 0 Å². The Morgan fingerprint density at radius 3 is 3.00 bits per heavy atom. The van der Waals surface area contributed by atoms with Gasteiger partial charge < -0.3 is 5.32 Å². The number of allylic oxidation sites excluding steroid dienone is 1. The van der Waals surface area contributed by atoms with Gasteiger partial charge in [0.25, 0.3) is 0 Å². The van der Waals surface area contributed by atoms with Gasteiger partial charge in [-0.3, -0.25) is 4.84 Å². The largest absolute Gasteiger partial charge is 0.385 e. The SMILES string of the molecule is CCC/C=C/N[C@H]1CON(CCC2CCC2)C1. The molecule has 1 saturated carbocycles. The van der Waals surface area contributed by atoms with Crippen LogP contribution in [-0.4, -0.2) is 30.8 Å². The molecule has 2 fully saturated rings. The molecule has 1 saturated heterocycles. The number of hydrogen-bond acceptors (Lipinski definition) is 3. The van der Waals surface area contributed by atoms with Crippen LogP contribution in [0.2, 0.25) is 0 Å². The minimum Gasteiger partial charge on any atom is -0.385 e. The molecular weight excluding hydrogens is 212 g/mol. The van der Waals surface area contributed by atoms with Gasteiger partial charge in [-0.2, -0.15) is 5.06 Å². The first-order valence-corrected chi connectivity index (χ1v) is 7.17. The maximum Gasteiger partial charge on any atom is 0.0899 e. The molecule has 1 heterocycles. The van der Waals surface area contributed by atoms with Crippen LogP contribution in [0.1, 0.15) is 45.4 Å². The second-order valence-electron chi connectivity index (χ2n) is 5.32. The predicted molar refractivity (Wildman–Crippen MR) is 70.5 cm³/mol. The second kappa shape index (κ2) is 7.02. The molecule has 17 heavy (non-hydrogen) atoms. The first-order valence-electron chi connectivity index (χ1n) is 7.17. The van der Waals surface area contributed by atoms with Gasteiger partial charge in [0.1, 0.15) is 0 Å². The summed E-state index contributed by atoms with van der Waals surface area (Å²) in [5.74, 6) is 0.982. The molecule has 0 aromatic heterocycles. The van der Waals surface area contributed by atoms with E-state index < -0.39 is 0 Å². The van der Waals surface area contributed by atoms with Crippen LogP contribution in [0.25, 0.3) is 0 Å². The Morgan fingerprint density at radius 2 is 2.29 bits per heavy atom. The van der Waals surface area contributed by atoms with E-state index in [9.17, 15) is 0 Å². The van der Waals surface area contributed by atoms with Crippen molar-refractivity contribution in [1.82, 2.24) is 10.4 Å². The van der Waals surface area contributed by atoms with Crippen LogP contribution in [0.5, 0.6) is 0 Å². The smallest absolute Gasteiger partial charge is 0.0899 e. The summed E-state index contributed by atoms with van der Waals surface area (Å²) in [5, 5.41) is 5.56. The summed E-state index contributed by atoms with van der Waals surface area (Å²) in [6.45, 7) is 5.16. The molecule has 0 aromatic rings. The molecule has 2 aliphatic rings. The lowest BCUT2D eigenvalue weighted by molar-refractivity contribution is -0.113. The Hall–Kier alpha value is -0.540. The van der Waals surface area contributed by atoms with Crippen molar-refractivity contribution in [2.45, 2.75) is 51.5 Å². The summed E-state index contributed by atoms with van der Waals surface area (Å²) in [5.41, 5.74) is 0. The average molecular weight is 238 g/mol. The van der Waals surface area contributed by atoms with Gasteiger partial charge in [0.05, 0.1) is 12.6 Å². The van der Waals surface area contributed by atoms with E-state index in [0.717, 1.165) is 32.0 Å². The number of unbranched alkanes of at least 4 members (excludes halogenated alkanes) is 1. The van der Waals surface area contributed by atoms with Gasteiger partial charge in [-0.15, -0.1) is 0 Å². The summed E-state index contributed by atoms with van der Waals surface area (Å²) in [4.78, 5) is 5.68. The van der Waals surface area contributed by atoms with Gasteiger partial charge in [-0.05, 0) is 25.0 Å². The Labute approximate surface area is 105 Å². The fraction of sp³-hybridized carbons (Fsp3) is 0.857. The topological polar surface area (TPSA) is 24.5 Å². The van der Waals surface area contributed by atoms with Crippen LogP contribution in [-0.2, 0) is 4.84 Å². The van der Waals surface area contributed by atoms with Crippen LogP contribution < -0.4 is 5.32 Å². The van der Waals surface area contributed by atoms with Gasteiger partial charge >= 0.3 is 0 Å². The van der Waals surface area contributed by atoms with Crippen LogP contribution in [0, 0.1) is 5.92 Å². The highest BCUT2D eigenvalue weighted by atomic mass is 16.7. The lowest BCUT2D eigenvalue weighted by Gasteiger charge is -2.26. The third-order valence-corrected chi connectivity index (χ3v) is 3.80. The van der Waals surface area contributed by atoms with Crippen molar-refractivity contribution in [3.63, 3.8) is 0 Å². The van der Waals surface area contributed by atoms with Crippen LogP contribution >= 0.6 is 0 Å². The Kier molecular flexibility index (Phi) is 5.33. The molecule has 2 rings (SSSR count). The second-order valence-corrected chi connectivity index (χ2v) is 5.32. The molecule has 1 atom stereocenters. The Bertz CT molecular complexity index is 238. The van der Waals surface area contributed by atoms with Crippen molar-refractivity contribution in [3.05, 3.63) is 12.3 Å². The highest BCUT2D eigenvalue weighted by molar-refractivity contribution is 4.85. The van der Waals surface area contributed by atoms with Crippen molar-refractivity contribution in [2.75, 3.05) is 19.7 Å². The van der Waals surface area contributed by atoms with Crippen molar-refractivity contribution >= 4 is 0 Å². The van der Waals surface area contributed by atoms with Gasteiger partial charge in [0.15, 0.2) is 0 Å². The quantitative estimate of drug-likeness (QED) is 0.738. The molecule has 1 aliphatic heterocycles. The van der Waals surface area contributed by atoms with E-state index in [-0.39, 0.29) is 0 Å². The Balaban J connectivity index is 1.55. The van der Waals surface area contributed by atoms with E-state index in [0.29, 0.717) is 6.04 Å². The van der Waals surface area contributed by atoms with Crippen molar-refractivity contribution in [3.8, 4) is 0 Å². The number of nitrogens with zero attached hydrogens (tertiary/aromatic N) is 1. The third-order valence-electron chi connectivity index (χ3n) is 3.80. The molecule has 0 aromatic carbocycles. The summed E-state index contributed by atoms with van der Waals surface area (Å²) in [6, 6.07) is 0.476. The van der Waals surface area contributed by atoms with Crippen molar-refractivity contribution < 1.29 is 4.84 Å². The molecule has 0 bridgehead atoms. The Morgan fingerprint density at radius 1 is 1.41 bits per heavy atom. The van der Waals surface area contributed by atoms with Gasteiger partial charge in [-0.25, -0.2) is 0 Å². The highest BCUT2D eigenvalue weighted by Crippen LogP contribution is 2.29. The normalized spacial score (nSPS) is 26.5. The molecule has 0 spiro atoms. The van der Waals surface area contributed by atoms with Gasteiger partial charge in [-0.1, -0.05) is 38.7 Å². The highest BCUT2D eigenvalue weighted by Gasteiger charge is 2.24. The number of rotatable bonds is 7. The molecule has 0 radical (unpaired) electrons. The fourth-order valence-electron chi connectivity index (χ4n) is 2.37. The predicted octanol–water partition coefficient (Wildman–Crippen LogP) is 2.70. The zero-order chi connectivity index (χ0) is 11.9. The zero-order valence-electron chi connectivity index (χ0n) is 11.0. The molecule has 0 unspecified atom stereocenters. The van der Waals surface area contributed by atoms with Crippen LogP contribution in [0.4, 0.5) is 0 Å². The fourth-order valence-corrected chi connectivity index (χ4v) is 2.37. The molecule has 1 N–H and O–H groups in total. The van der Waals surface area contributed by atoms with E-state index in [2.05, 4.69) is 29.6 Å². The molecule has 3 heteroatoms. The minimum atomic E-state index is 0.476. The van der Waals surface area contributed by atoms with Gasteiger partial charge in [0, 0.05) is 13.1 Å². The maximum atomic E-state index is 5.68. The first-order chi connectivity index (χ1) is 8.38. The third kappa shape index (κ3) is 4.32. The van der Waals surface area contributed by atoms with Crippen LogP contribution in [0.15, 0.2) is 12.3 Å². The maximum absolute atomic E-state index is 5.68. The summed E-state index contributed by atoms with van der Waals surface area (Å²) < 4.78 is 0. The monoisotopic (exact) mass is 238 g/mol. The summed E-state index contributed by atoms with van der Waals surface area (Å²) >= 11 is 0. The molecule has 98 valence electrons. The summed E-state index contributed by atoms with van der Waals surface area (Å²) in [7, 11) is 0. The van der Waals surface area contributed by atoms with Crippen molar-refractivity contribution in [2.24, 2.45) is 5.92 Å². The number of hydrogen-bond donors (Lipinski definition) is 1. The zero-order valence-corrected chi connectivity index (χ0v) is 11.0. The number of hydroxylamine groups is 2.